The Morgan fingerprint density at radius 1 is 1.15 bits per heavy atom. The molecular formula is C20H33N5O2. The van der Waals surface area contributed by atoms with E-state index in [1.807, 2.05) is 6.07 Å². The molecule has 0 bridgehead atoms. The highest BCUT2D eigenvalue weighted by atomic mass is 16.1. The van der Waals surface area contributed by atoms with E-state index in [1.165, 1.54) is 6.42 Å². The lowest BCUT2D eigenvalue weighted by atomic mass is 9.92. The van der Waals surface area contributed by atoms with Gasteiger partial charge in [0.05, 0.1) is 12.2 Å². The van der Waals surface area contributed by atoms with E-state index in [0.29, 0.717) is 19.0 Å². The summed E-state index contributed by atoms with van der Waals surface area (Å²) < 4.78 is 1.65. The first kappa shape index (κ1) is 20.0. The van der Waals surface area contributed by atoms with E-state index in [9.17, 15) is 9.59 Å². The van der Waals surface area contributed by atoms with Crippen LogP contribution in [0.2, 0.25) is 0 Å². The highest BCUT2D eigenvalue weighted by Crippen LogP contribution is 2.20. The smallest absolute Gasteiger partial charge is 0.266 e. The van der Waals surface area contributed by atoms with Crippen LogP contribution >= 0.6 is 0 Å². The van der Waals surface area contributed by atoms with Crippen LogP contribution in [0.5, 0.6) is 0 Å². The number of aromatic nitrogens is 2. The molecule has 2 aliphatic heterocycles. The van der Waals surface area contributed by atoms with Crippen LogP contribution in [-0.2, 0) is 16.8 Å². The van der Waals surface area contributed by atoms with Crippen molar-refractivity contribution in [1.29, 1.82) is 0 Å². The summed E-state index contributed by atoms with van der Waals surface area (Å²) in [7, 11) is 0. The summed E-state index contributed by atoms with van der Waals surface area (Å²) in [6.07, 6.45) is 2.86. The van der Waals surface area contributed by atoms with E-state index in [2.05, 4.69) is 41.0 Å². The van der Waals surface area contributed by atoms with Gasteiger partial charge in [0.25, 0.3) is 5.56 Å². The molecule has 0 saturated carbocycles. The van der Waals surface area contributed by atoms with Crippen LogP contribution in [0, 0.1) is 0 Å². The first-order valence-corrected chi connectivity index (χ1v) is 10.1. The van der Waals surface area contributed by atoms with Crippen molar-refractivity contribution in [1.82, 2.24) is 24.9 Å². The lowest BCUT2D eigenvalue weighted by Gasteiger charge is -2.28. The lowest BCUT2D eigenvalue weighted by Crippen LogP contribution is -2.42. The second kappa shape index (κ2) is 8.52. The topological polar surface area (TPSA) is 70.5 Å². The second-order valence-electron chi connectivity index (χ2n) is 8.76. The van der Waals surface area contributed by atoms with Crippen LogP contribution in [0.15, 0.2) is 16.9 Å². The lowest BCUT2D eigenvalue weighted by molar-refractivity contribution is -0.120. The highest BCUT2D eigenvalue weighted by molar-refractivity contribution is 5.76. The number of carbonyl (C=O) groups excluding carboxylic acids is 1. The number of nitrogens with one attached hydrogen (secondary N) is 1. The summed E-state index contributed by atoms with van der Waals surface area (Å²) in [6.45, 7) is 12.5. The summed E-state index contributed by atoms with van der Waals surface area (Å²) in [5.41, 5.74) is 0.864. The molecule has 1 aromatic heterocycles. The fraction of sp³-hybridized carbons (Fsp3) is 0.750. The van der Waals surface area contributed by atoms with Gasteiger partial charge in [-0.05, 0) is 25.5 Å². The predicted molar refractivity (Wildman–Crippen MR) is 106 cm³/mol. The van der Waals surface area contributed by atoms with Gasteiger partial charge in [-0.25, -0.2) is 4.68 Å². The Balaban J connectivity index is 1.60. The van der Waals surface area contributed by atoms with Crippen molar-refractivity contribution in [2.75, 3.05) is 39.3 Å². The number of hydrogen-bond donors (Lipinski definition) is 1. The van der Waals surface area contributed by atoms with Crippen molar-refractivity contribution in [3.05, 3.63) is 28.2 Å². The van der Waals surface area contributed by atoms with Gasteiger partial charge in [-0.3, -0.25) is 19.4 Å². The molecule has 7 nitrogen and oxygen atoms in total. The minimum Gasteiger partial charge on any atom is -0.355 e. The average molecular weight is 376 g/mol. The standard InChI is InChI=1S/C20H33N5O2/c1-20(2,3)17-6-7-19(27)25(22-17)15-16-5-4-10-24(16)14-13-23-11-8-18(26)21-9-12-23/h6-7,16H,4-5,8-15H2,1-3H3,(H,21,26). The molecular weight excluding hydrogens is 342 g/mol. The van der Waals surface area contributed by atoms with Crippen molar-refractivity contribution in [3.8, 4) is 0 Å². The normalized spacial score (nSPS) is 22.6. The van der Waals surface area contributed by atoms with E-state index < -0.39 is 0 Å². The fourth-order valence-electron chi connectivity index (χ4n) is 3.88. The van der Waals surface area contributed by atoms with Crippen molar-refractivity contribution in [3.63, 3.8) is 0 Å². The van der Waals surface area contributed by atoms with Crippen molar-refractivity contribution < 1.29 is 4.79 Å². The van der Waals surface area contributed by atoms with Crippen LogP contribution in [-0.4, -0.2) is 70.8 Å². The van der Waals surface area contributed by atoms with Gasteiger partial charge in [-0.15, -0.1) is 0 Å². The molecule has 2 saturated heterocycles. The first-order chi connectivity index (χ1) is 12.8. The Morgan fingerprint density at radius 3 is 2.74 bits per heavy atom. The third-order valence-electron chi connectivity index (χ3n) is 5.63. The number of amides is 1. The zero-order valence-corrected chi connectivity index (χ0v) is 16.9. The molecule has 1 aromatic rings. The van der Waals surface area contributed by atoms with Gasteiger partial charge in [-0.2, -0.15) is 5.10 Å². The molecule has 150 valence electrons. The molecule has 0 aromatic carbocycles. The minimum atomic E-state index is -0.0664. The summed E-state index contributed by atoms with van der Waals surface area (Å²) >= 11 is 0. The summed E-state index contributed by atoms with van der Waals surface area (Å²) in [6, 6.07) is 3.85. The molecule has 0 spiro atoms. The summed E-state index contributed by atoms with van der Waals surface area (Å²) in [5.74, 6) is 0.153. The Kier molecular flexibility index (Phi) is 6.32. The summed E-state index contributed by atoms with van der Waals surface area (Å²) in [5, 5.41) is 7.56. The molecule has 2 aliphatic rings. The van der Waals surface area contributed by atoms with E-state index >= 15 is 0 Å². The minimum absolute atomic E-state index is 0.0213. The molecule has 7 heteroatoms. The monoisotopic (exact) mass is 375 g/mol. The Bertz CT molecular complexity index is 709. The molecule has 27 heavy (non-hydrogen) atoms. The highest BCUT2D eigenvalue weighted by Gasteiger charge is 2.26. The van der Waals surface area contributed by atoms with Gasteiger partial charge in [0, 0.05) is 56.7 Å². The van der Waals surface area contributed by atoms with Gasteiger partial charge in [-0.1, -0.05) is 20.8 Å². The Labute approximate surface area is 161 Å². The zero-order valence-electron chi connectivity index (χ0n) is 16.9. The van der Waals surface area contributed by atoms with Crippen LogP contribution in [0.3, 0.4) is 0 Å². The zero-order chi connectivity index (χ0) is 19.4. The summed E-state index contributed by atoms with van der Waals surface area (Å²) in [4.78, 5) is 28.6. The molecule has 3 heterocycles. The molecule has 1 atom stereocenters. The second-order valence-corrected chi connectivity index (χ2v) is 8.76. The quantitative estimate of drug-likeness (QED) is 0.825. The van der Waals surface area contributed by atoms with E-state index in [1.54, 1.807) is 10.7 Å². The number of rotatable bonds is 5. The third-order valence-corrected chi connectivity index (χ3v) is 5.63. The molecule has 2 fully saturated rings. The van der Waals surface area contributed by atoms with Gasteiger partial charge in [0.1, 0.15) is 0 Å². The Hall–Kier alpha value is -1.73. The van der Waals surface area contributed by atoms with Gasteiger partial charge in [0.2, 0.25) is 5.91 Å². The largest absolute Gasteiger partial charge is 0.355 e. The van der Waals surface area contributed by atoms with Crippen LogP contribution in [0.1, 0.15) is 45.7 Å². The van der Waals surface area contributed by atoms with Crippen molar-refractivity contribution in [2.45, 2.75) is 58.0 Å². The van der Waals surface area contributed by atoms with Crippen molar-refractivity contribution in [2.24, 2.45) is 0 Å². The van der Waals surface area contributed by atoms with Gasteiger partial charge >= 0.3 is 0 Å². The number of hydrogen-bond acceptors (Lipinski definition) is 5. The third kappa shape index (κ3) is 5.39. The first-order valence-electron chi connectivity index (χ1n) is 10.1. The maximum atomic E-state index is 12.3. The molecule has 0 radical (unpaired) electrons. The van der Waals surface area contributed by atoms with Gasteiger partial charge < -0.3 is 5.32 Å². The molecule has 1 amide bonds. The molecule has 1 unspecified atom stereocenters. The van der Waals surface area contributed by atoms with Crippen LogP contribution in [0.25, 0.3) is 0 Å². The number of nitrogens with zero attached hydrogens (tertiary/aromatic N) is 4. The Morgan fingerprint density at radius 2 is 1.96 bits per heavy atom. The number of likely N-dealkylation sites (tertiary alicyclic amines) is 1. The van der Waals surface area contributed by atoms with E-state index in [-0.39, 0.29) is 16.9 Å². The maximum absolute atomic E-state index is 12.3. The van der Waals surface area contributed by atoms with E-state index in [0.717, 1.165) is 51.4 Å². The molecule has 0 aliphatic carbocycles. The van der Waals surface area contributed by atoms with Crippen LogP contribution < -0.4 is 10.9 Å². The van der Waals surface area contributed by atoms with Crippen LogP contribution in [0.4, 0.5) is 0 Å². The molecule has 1 N–H and O–H groups in total. The fourth-order valence-corrected chi connectivity index (χ4v) is 3.88. The maximum Gasteiger partial charge on any atom is 0.266 e. The predicted octanol–water partition coefficient (Wildman–Crippen LogP) is 0.827. The SMILES string of the molecule is CC(C)(C)c1ccc(=O)n(CC2CCCN2CCN2CCNC(=O)CC2)n1. The average Bonchev–Trinajstić information content (AvgIpc) is 2.94. The number of carbonyl (C=O) groups is 1. The van der Waals surface area contributed by atoms with E-state index in [4.69, 9.17) is 0 Å². The van der Waals surface area contributed by atoms with Crippen molar-refractivity contribution >= 4 is 5.91 Å². The van der Waals surface area contributed by atoms with Gasteiger partial charge in [0.15, 0.2) is 0 Å². The molecule has 3 rings (SSSR count).